The molecule has 0 fully saturated rings. The molecular weight excluding hydrogens is 454 g/mol. The van der Waals surface area contributed by atoms with Crippen LogP contribution in [0.4, 0.5) is 4.79 Å². The maximum Gasteiger partial charge on any atom is 0.407 e. The van der Waals surface area contributed by atoms with Crippen molar-refractivity contribution in [3.63, 3.8) is 0 Å². The maximum absolute atomic E-state index is 12.6. The molecule has 8 nitrogen and oxygen atoms in total. The monoisotopic (exact) mass is 475 g/mol. The van der Waals surface area contributed by atoms with Gasteiger partial charge in [-0.15, -0.1) is 23.7 Å². The number of alkyl carbamates (subject to hydrolysis) is 1. The number of nitrogens with one attached hydrogen (secondary N) is 2. The molecule has 0 radical (unpaired) electrons. The molecule has 172 valence electrons. The third-order valence-corrected chi connectivity index (χ3v) is 6.31. The minimum atomic E-state index is -1.14. The quantitative estimate of drug-likeness (QED) is 0.430. The van der Waals surface area contributed by atoms with Crippen LogP contribution in [-0.4, -0.2) is 40.7 Å². The van der Waals surface area contributed by atoms with E-state index in [9.17, 15) is 14.4 Å². The number of carboxylic acids is 1. The van der Waals surface area contributed by atoms with Gasteiger partial charge in [0.1, 0.15) is 17.7 Å². The lowest BCUT2D eigenvalue weighted by atomic mass is 9.98. The van der Waals surface area contributed by atoms with Gasteiger partial charge in [0.05, 0.1) is 6.54 Å². The lowest BCUT2D eigenvalue weighted by molar-refractivity contribution is -0.123. The number of hydrogen-bond acceptors (Lipinski definition) is 6. The fraction of sp³-hybridized carbons (Fsp3) is 0.200. The molecule has 1 aromatic heterocycles. The number of fused-ring (bicyclic) bond motifs is 3. The van der Waals surface area contributed by atoms with Crippen LogP contribution < -0.4 is 10.6 Å². The van der Waals surface area contributed by atoms with Crippen LogP contribution in [0, 0.1) is 12.3 Å². The van der Waals surface area contributed by atoms with Gasteiger partial charge in [-0.05, 0) is 22.3 Å². The Morgan fingerprint density at radius 3 is 2.35 bits per heavy atom. The van der Waals surface area contributed by atoms with E-state index in [2.05, 4.69) is 21.5 Å². The Hall–Kier alpha value is -4.16. The second-order valence-electron chi connectivity index (χ2n) is 7.58. The molecule has 2 aromatic carbocycles. The first-order chi connectivity index (χ1) is 16.5. The van der Waals surface area contributed by atoms with Crippen LogP contribution in [0.1, 0.15) is 39.0 Å². The predicted molar refractivity (Wildman–Crippen MR) is 126 cm³/mol. The number of hydrogen-bond donors (Lipinski definition) is 3. The van der Waals surface area contributed by atoms with Gasteiger partial charge in [0, 0.05) is 17.7 Å². The minimum Gasteiger partial charge on any atom is -0.476 e. The van der Waals surface area contributed by atoms with Crippen molar-refractivity contribution in [2.45, 2.75) is 24.9 Å². The Balaban J connectivity index is 1.35. The number of terminal acetylenes is 1. The van der Waals surface area contributed by atoms with E-state index in [0.29, 0.717) is 5.01 Å². The Morgan fingerprint density at radius 2 is 1.76 bits per heavy atom. The number of carbonyl (C=O) groups excluding carboxylic acids is 2. The Kier molecular flexibility index (Phi) is 6.90. The molecule has 9 heteroatoms. The Morgan fingerprint density at radius 1 is 1.12 bits per heavy atom. The van der Waals surface area contributed by atoms with E-state index in [0.717, 1.165) is 33.6 Å². The van der Waals surface area contributed by atoms with E-state index >= 15 is 0 Å². The van der Waals surface area contributed by atoms with Crippen molar-refractivity contribution in [1.82, 2.24) is 15.6 Å². The van der Waals surface area contributed by atoms with Crippen molar-refractivity contribution in [1.29, 1.82) is 0 Å². The predicted octanol–water partition coefficient (Wildman–Crippen LogP) is 3.39. The van der Waals surface area contributed by atoms with E-state index in [1.165, 1.54) is 5.38 Å². The van der Waals surface area contributed by atoms with Crippen molar-refractivity contribution >= 4 is 29.3 Å². The van der Waals surface area contributed by atoms with Crippen molar-refractivity contribution in [2.75, 3.05) is 6.61 Å². The normalized spacial score (nSPS) is 12.7. The number of rotatable bonds is 8. The molecule has 34 heavy (non-hydrogen) atoms. The van der Waals surface area contributed by atoms with Gasteiger partial charge in [0.25, 0.3) is 0 Å². The number of thiazole rings is 1. The molecule has 3 aromatic rings. The number of aromatic nitrogens is 1. The highest BCUT2D eigenvalue weighted by Gasteiger charge is 2.29. The molecule has 0 spiro atoms. The number of benzene rings is 2. The minimum absolute atomic E-state index is 0.0181. The average molecular weight is 476 g/mol. The van der Waals surface area contributed by atoms with Crippen molar-refractivity contribution in [3.05, 3.63) is 75.7 Å². The Bertz CT molecular complexity index is 1230. The van der Waals surface area contributed by atoms with E-state index < -0.39 is 24.0 Å². The second-order valence-corrected chi connectivity index (χ2v) is 8.52. The Labute approximate surface area is 200 Å². The summed E-state index contributed by atoms with van der Waals surface area (Å²) in [6.45, 7) is 0.131. The van der Waals surface area contributed by atoms with Gasteiger partial charge in [-0.3, -0.25) is 4.79 Å². The summed E-state index contributed by atoms with van der Waals surface area (Å²) in [5.41, 5.74) is 4.30. The smallest absolute Gasteiger partial charge is 0.407 e. The number of amides is 2. The molecule has 1 aliphatic carbocycles. The van der Waals surface area contributed by atoms with Crippen LogP contribution in [-0.2, 0) is 16.1 Å². The molecule has 1 atom stereocenters. The van der Waals surface area contributed by atoms with Gasteiger partial charge in [0.15, 0.2) is 5.69 Å². The topological polar surface area (TPSA) is 118 Å². The summed E-state index contributed by atoms with van der Waals surface area (Å²) in [7, 11) is 0. The second kappa shape index (κ2) is 10.2. The summed E-state index contributed by atoms with van der Waals surface area (Å²) in [5, 5.41) is 15.9. The van der Waals surface area contributed by atoms with Crippen LogP contribution in [0.15, 0.2) is 53.9 Å². The largest absolute Gasteiger partial charge is 0.476 e. The van der Waals surface area contributed by atoms with Crippen LogP contribution in [0.25, 0.3) is 11.1 Å². The molecule has 0 bridgehead atoms. The van der Waals surface area contributed by atoms with Gasteiger partial charge in [-0.1, -0.05) is 48.5 Å². The van der Waals surface area contributed by atoms with Crippen LogP contribution in [0.5, 0.6) is 0 Å². The number of nitrogens with zero attached hydrogens (tertiary/aromatic N) is 1. The summed E-state index contributed by atoms with van der Waals surface area (Å²) in [5.74, 6) is 0.610. The highest BCUT2D eigenvalue weighted by atomic mass is 32.1. The standard InChI is InChI=1S/C25H21N3O5S/c1-2-7-20(23(29)26-12-22-27-21(14-34-22)24(30)31)28-25(32)33-13-19-17-10-5-3-8-15(17)16-9-4-6-11-18(16)19/h1,3-6,8-11,14,19-20H,7,12-13H2,(H,26,29)(H,28,32)(H,30,31). The van der Waals surface area contributed by atoms with Crippen LogP contribution >= 0.6 is 11.3 Å². The zero-order chi connectivity index (χ0) is 24.1. The molecule has 1 aliphatic rings. The fourth-order valence-electron chi connectivity index (χ4n) is 3.89. The van der Waals surface area contributed by atoms with E-state index in [1.807, 2.05) is 48.5 Å². The summed E-state index contributed by atoms with van der Waals surface area (Å²) < 4.78 is 5.48. The SMILES string of the molecule is C#CCC(NC(=O)OCC1c2ccccc2-c2ccccc21)C(=O)NCc1nc(C(=O)O)cs1. The van der Waals surface area contributed by atoms with Gasteiger partial charge in [-0.2, -0.15) is 0 Å². The van der Waals surface area contributed by atoms with Crippen LogP contribution in [0.3, 0.4) is 0 Å². The molecule has 3 N–H and O–H groups in total. The molecular formula is C25H21N3O5S. The third-order valence-electron chi connectivity index (χ3n) is 5.46. The summed E-state index contributed by atoms with van der Waals surface area (Å²) in [4.78, 5) is 39.9. The maximum atomic E-state index is 12.6. The molecule has 1 heterocycles. The van der Waals surface area contributed by atoms with Crippen molar-refractivity contribution in [2.24, 2.45) is 0 Å². The van der Waals surface area contributed by atoms with Crippen molar-refractivity contribution < 1.29 is 24.2 Å². The first kappa shape index (κ1) is 23.0. The average Bonchev–Trinajstić information content (AvgIpc) is 3.44. The zero-order valence-electron chi connectivity index (χ0n) is 18.0. The number of carboxylic acid groups (broad SMARTS) is 1. The summed E-state index contributed by atoms with van der Waals surface area (Å²) >= 11 is 1.11. The van der Waals surface area contributed by atoms with Crippen LogP contribution in [0.2, 0.25) is 0 Å². The lowest BCUT2D eigenvalue weighted by Gasteiger charge is -2.18. The molecule has 0 aliphatic heterocycles. The van der Waals surface area contributed by atoms with Gasteiger partial charge >= 0.3 is 12.1 Å². The first-order valence-electron chi connectivity index (χ1n) is 10.5. The highest BCUT2D eigenvalue weighted by Crippen LogP contribution is 2.44. The first-order valence-corrected chi connectivity index (χ1v) is 11.4. The van der Waals surface area contributed by atoms with E-state index in [4.69, 9.17) is 16.3 Å². The molecule has 2 amide bonds. The van der Waals surface area contributed by atoms with Gasteiger partial charge in [-0.25, -0.2) is 14.6 Å². The lowest BCUT2D eigenvalue weighted by Crippen LogP contribution is -2.46. The van der Waals surface area contributed by atoms with E-state index in [1.54, 1.807) is 0 Å². The van der Waals surface area contributed by atoms with Crippen molar-refractivity contribution in [3.8, 4) is 23.5 Å². The highest BCUT2D eigenvalue weighted by molar-refractivity contribution is 7.09. The molecule has 0 saturated heterocycles. The zero-order valence-corrected chi connectivity index (χ0v) is 18.8. The van der Waals surface area contributed by atoms with Gasteiger partial charge < -0.3 is 20.5 Å². The number of aromatic carboxylic acids is 1. The molecule has 1 unspecified atom stereocenters. The molecule has 4 rings (SSSR count). The number of ether oxygens (including phenoxy) is 1. The third kappa shape index (κ3) is 4.92. The van der Waals surface area contributed by atoms with Gasteiger partial charge in [0.2, 0.25) is 5.91 Å². The number of carbonyl (C=O) groups is 3. The molecule has 0 saturated carbocycles. The fourth-order valence-corrected chi connectivity index (χ4v) is 4.59. The summed E-state index contributed by atoms with van der Waals surface area (Å²) in [6, 6.07) is 15.0. The summed E-state index contributed by atoms with van der Waals surface area (Å²) in [6.07, 6.45) is 4.59. The van der Waals surface area contributed by atoms with E-state index in [-0.39, 0.29) is 31.2 Å².